The Morgan fingerprint density at radius 3 is 2.63 bits per heavy atom. The smallest absolute Gasteiger partial charge is 0.253 e. The fourth-order valence-electron chi connectivity index (χ4n) is 1.80. The van der Waals surface area contributed by atoms with E-state index in [2.05, 4.69) is 15.9 Å². The van der Waals surface area contributed by atoms with E-state index >= 15 is 0 Å². The Bertz CT molecular complexity index is 600. The summed E-state index contributed by atoms with van der Waals surface area (Å²) in [5.74, 6) is -0.430. The minimum atomic E-state index is -0.295. The highest BCUT2D eigenvalue weighted by Crippen LogP contribution is 2.15. The third-order valence-corrected chi connectivity index (χ3v) is 3.28. The van der Waals surface area contributed by atoms with Gasteiger partial charge in [0, 0.05) is 29.2 Å². The molecule has 0 aliphatic carbocycles. The van der Waals surface area contributed by atoms with E-state index in [0.717, 1.165) is 4.47 Å². The third kappa shape index (κ3) is 3.41. The summed E-state index contributed by atoms with van der Waals surface area (Å²) in [5.41, 5.74) is 1.08. The van der Waals surface area contributed by atoms with Crippen molar-refractivity contribution in [3.05, 3.63) is 69.9 Å². The zero-order valence-corrected chi connectivity index (χ0v) is 12.0. The van der Waals surface area contributed by atoms with Crippen LogP contribution in [0.1, 0.15) is 15.9 Å². The van der Waals surface area contributed by atoms with E-state index in [-0.39, 0.29) is 18.3 Å². The number of rotatable bonds is 3. The summed E-state index contributed by atoms with van der Waals surface area (Å²) < 4.78 is 14.4. The van der Waals surface area contributed by atoms with Gasteiger partial charge in [0.2, 0.25) is 0 Å². The standard InChI is InChI=1S/C15H13BrFNO/c1-18(10-12-5-2-3-8-14(12)17)15(19)11-6-4-7-13(16)9-11/h2-9H,10H2,1H3. The van der Waals surface area contributed by atoms with Crippen molar-refractivity contribution in [1.29, 1.82) is 0 Å². The molecule has 0 heterocycles. The van der Waals surface area contributed by atoms with Crippen LogP contribution >= 0.6 is 15.9 Å². The molecule has 0 saturated carbocycles. The van der Waals surface area contributed by atoms with Crippen molar-refractivity contribution in [2.75, 3.05) is 7.05 Å². The fourth-order valence-corrected chi connectivity index (χ4v) is 2.20. The second kappa shape index (κ2) is 5.97. The van der Waals surface area contributed by atoms with E-state index in [1.54, 1.807) is 43.4 Å². The van der Waals surface area contributed by atoms with Gasteiger partial charge in [-0.3, -0.25) is 4.79 Å². The maximum Gasteiger partial charge on any atom is 0.253 e. The lowest BCUT2D eigenvalue weighted by molar-refractivity contribution is 0.0784. The van der Waals surface area contributed by atoms with Crippen molar-refractivity contribution in [3.63, 3.8) is 0 Å². The first-order chi connectivity index (χ1) is 9.08. The molecule has 2 aromatic carbocycles. The maximum atomic E-state index is 13.5. The lowest BCUT2D eigenvalue weighted by Crippen LogP contribution is -2.26. The monoisotopic (exact) mass is 321 g/mol. The fraction of sp³-hybridized carbons (Fsp3) is 0.133. The van der Waals surface area contributed by atoms with Gasteiger partial charge in [-0.15, -0.1) is 0 Å². The van der Waals surface area contributed by atoms with Crippen molar-refractivity contribution in [2.24, 2.45) is 0 Å². The molecule has 2 nitrogen and oxygen atoms in total. The summed E-state index contributed by atoms with van der Waals surface area (Å²) in [4.78, 5) is 13.7. The number of hydrogen-bond acceptors (Lipinski definition) is 1. The van der Waals surface area contributed by atoms with Gasteiger partial charge in [-0.25, -0.2) is 4.39 Å². The van der Waals surface area contributed by atoms with Gasteiger partial charge >= 0.3 is 0 Å². The molecule has 0 fully saturated rings. The molecule has 0 unspecified atom stereocenters. The van der Waals surface area contributed by atoms with Crippen LogP contribution in [-0.4, -0.2) is 17.9 Å². The molecule has 1 amide bonds. The summed E-state index contributed by atoms with van der Waals surface area (Å²) >= 11 is 3.33. The summed E-state index contributed by atoms with van der Waals surface area (Å²) in [6.45, 7) is 0.248. The van der Waals surface area contributed by atoms with Crippen LogP contribution in [0.5, 0.6) is 0 Å². The summed E-state index contributed by atoms with van der Waals surface area (Å²) in [6, 6.07) is 13.6. The molecule has 4 heteroatoms. The molecule has 2 aromatic rings. The minimum absolute atomic E-state index is 0.135. The minimum Gasteiger partial charge on any atom is -0.337 e. The molecule has 0 saturated heterocycles. The molecular formula is C15H13BrFNO. The van der Waals surface area contributed by atoms with Gasteiger partial charge < -0.3 is 4.90 Å². The van der Waals surface area contributed by atoms with Gasteiger partial charge in [-0.1, -0.05) is 40.2 Å². The van der Waals surface area contributed by atoms with E-state index in [0.29, 0.717) is 11.1 Å². The molecule has 0 aromatic heterocycles. The van der Waals surface area contributed by atoms with Crippen LogP contribution in [0.2, 0.25) is 0 Å². The average Bonchev–Trinajstić information content (AvgIpc) is 2.40. The predicted molar refractivity (Wildman–Crippen MR) is 76.3 cm³/mol. The number of amides is 1. The topological polar surface area (TPSA) is 20.3 Å². The molecule has 0 N–H and O–H groups in total. The Morgan fingerprint density at radius 2 is 1.95 bits per heavy atom. The Labute approximate surface area is 120 Å². The number of carbonyl (C=O) groups is 1. The van der Waals surface area contributed by atoms with Gasteiger partial charge in [-0.2, -0.15) is 0 Å². The number of hydrogen-bond donors (Lipinski definition) is 0. The maximum absolute atomic E-state index is 13.5. The highest BCUT2D eigenvalue weighted by molar-refractivity contribution is 9.10. The molecule has 0 radical (unpaired) electrons. The SMILES string of the molecule is CN(Cc1ccccc1F)C(=O)c1cccc(Br)c1. The quantitative estimate of drug-likeness (QED) is 0.840. The first-order valence-corrected chi connectivity index (χ1v) is 6.61. The van der Waals surface area contributed by atoms with E-state index in [1.165, 1.54) is 11.0 Å². The van der Waals surface area contributed by atoms with Crippen LogP contribution in [0.15, 0.2) is 53.0 Å². The summed E-state index contributed by atoms with van der Waals surface area (Å²) in [5, 5.41) is 0. The molecule has 19 heavy (non-hydrogen) atoms. The van der Waals surface area contributed by atoms with Crippen LogP contribution < -0.4 is 0 Å². The van der Waals surface area contributed by atoms with Crippen molar-refractivity contribution in [3.8, 4) is 0 Å². The summed E-state index contributed by atoms with van der Waals surface area (Å²) in [6.07, 6.45) is 0. The first kappa shape index (κ1) is 13.7. The Balaban J connectivity index is 2.14. The predicted octanol–water partition coefficient (Wildman–Crippen LogP) is 3.86. The van der Waals surface area contributed by atoms with E-state index in [9.17, 15) is 9.18 Å². The molecule has 2 rings (SSSR count). The molecule has 0 atom stereocenters. The molecule has 98 valence electrons. The van der Waals surface area contributed by atoms with Crippen molar-refractivity contribution < 1.29 is 9.18 Å². The van der Waals surface area contributed by atoms with Gasteiger partial charge in [0.15, 0.2) is 0 Å². The lowest BCUT2D eigenvalue weighted by atomic mass is 10.1. The zero-order chi connectivity index (χ0) is 13.8. The normalized spacial score (nSPS) is 10.3. The molecular weight excluding hydrogens is 309 g/mol. The Hall–Kier alpha value is -1.68. The average molecular weight is 322 g/mol. The zero-order valence-electron chi connectivity index (χ0n) is 10.4. The molecule has 0 bridgehead atoms. The van der Waals surface area contributed by atoms with Crippen LogP contribution in [0.3, 0.4) is 0 Å². The van der Waals surface area contributed by atoms with Crippen LogP contribution in [-0.2, 0) is 6.54 Å². The van der Waals surface area contributed by atoms with E-state index in [4.69, 9.17) is 0 Å². The number of nitrogens with zero attached hydrogens (tertiary/aromatic N) is 1. The second-order valence-electron chi connectivity index (χ2n) is 4.26. The second-order valence-corrected chi connectivity index (χ2v) is 5.18. The van der Waals surface area contributed by atoms with E-state index < -0.39 is 0 Å². The number of halogens is 2. The molecule has 0 spiro atoms. The largest absolute Gasteiger partial charge is 0.337 e. The van der Waals surface area contributed by atoms with Gasteiger partial charge in [-0.05, 0) is 24.3 Å². The Morgan fingerprint density at radius 1 is 1.21 bits per heavy atom. The van der Waals surface area contributed by atoms with Gasteiger partial charge in [0.05, 0.1) is 0 Å². The highest BCUT2D eigenvalue weighted by atomic mass is 79.9. The first-order valence-electron chi connectivity index (χ1n) is 5.82. The van der Waals surface area contributed by atoms with E-state index in [1.807, 2.05) is 6.07 Å². The third-order valence-electron chi connectivity index (χ3n) is 2.78. The highest BCUT2D eigenvalue weighted by Gasteiger charge is 2.13. The molecule has 0 aliphatic heterocycles. The van der Waals surface area contributed by atoms with Crippen LogP contribution in [0.4, 0.5) is 4.39 Å². The Kier molecular flexibility index (Phi) is 4.32. The van der Waals surface area contributed by atoms with Crippen molar-refractivity contribution in [1.82, 2.24) is 4.90 Å². The van der Waals surface area contributed by atoms with Crippen molar-refractivity contribution >= 4 is 21.8 Å². The van der Waals surface area contributed by atoms with Gasteiger partial charge in [0.25, 0.3) is 5.91 Å². The van der Waals surface area contributed by atoms with Crippen LogP contribution in [0, 0.1) is 5.82 Å². The number of benzene rings is 2. The lowest BCUT2D eigenvalue weighted by Gasteiger charge is -2.17. The molecule has 0 aliphatic rings. The van der Waals surface area contributed by atoms with Crippen molar-refractivity contribution in [2.45, 2.75) is 6.54 Å². The van der Waals surface area contributed by atoms with Crippen LogP contribution in [0.25, 0.3) is 0 Å². The number of carbonyl (C=O) groups excluding carboxylic acids is 1. The van der Waals surface area contributed by atoms with Gasteiger partial charge in [0.1, 0.15) is 5.82 Å². The summed E-state index contributed by atoms with van der Waals surface area (Å²) in [7, 11) is 1.66.